The first-order valence-corrected chi connectivity index (χ1v) is 8.26. The monoisotopic (exact) mass is 355 g/mol. The lowest BCUT2D eigenvalue weighted by Crippen LogP contribution is -2.21. The lowest BCUT2D eigenvalue weighted by Gasteiger charge is -2.20. The van der Waals surface area contributed by atoms with E-state index in [9.17, 15) is 4.79 Å². The molecule has 0 radical (unpaired) electrons. The maximum Gasteiger partial charge on any atom is 0.189 e. The predicted molar refractivity (Wildman–Crippen MR) is 100 cm³/mol. The number of anilines is 1. The van der Waals surface area contributed by atoms with Crippen LogP contribution >= 0.6 is 23.2 Å². The summed E-state index contributed by atoms with van der Waals surface area (Å²) < 4.78 is 0. The van der Waals surface area contributed by atoms with Gasteiger partial charge in [0.25, 0.3) is 0 Å². The largest absolute Gasteiger partial charge is 0.371 e. The van der Waals surface area contributed by atoms with E-state index in [1.54, 1.807) is 18.2 Å². The first-order valence-electron chi connectivity index (χ1n) is 7.50. The first kappa shape index (κ1) is 16.6. The van der Waals surface area contributed by atoms with E-state index in [4.69, 9.17) is 23.2 Å². The van der Waals surface area contributed by atoms with E-state index in [1.807, 2.05) is 60.7 Å². The van der Waals surface area contributed by atoms with Crippen molar-refractivity contribution in [3.63, 3.8) is 0 Å². The lowest BCUT2D eigenvalue weighted by atomic mass is 9.97. The Balaban J connectivity index is 1.98. The van der Waals surface area contributed by atoms with E-state index in [2.05, 4.69) is 5.32 Å². The molecule has 4 heteroatoms. The number of hydrogen-bond donors (Lipinski definition) is 1. The van der Waals surface area contributed by atoms with Gasteiger partial charge < -0.3 is 5.32 Å². The SMILES string of the molecule is O=C(c1ccccc1)C(Nc1cc(Cl)cc(Cl)c1)c1ccccc1. The molecule has 0 amide bonds. The first-order chi connectivity index (χ1) is 11.6. The molecule has 0 aliphatic heterocycles. The van der Waals surface area contributed by atoms with Crippen LogP contribution in [0.2, 0.25) is 10.0 Å². The number of hydrogen-bond acceptors (Lipinski definition) is 2. The number of benzene rings is 3. The molecule has 3 aromatic carbocycles. The molecule has 0 aromatic heterocycles. The van der Waals surface area contributed by atoms with Gasteiger partial charge in [-0.3, -0.25) is 4.79 Å². The minimum absolute atomic E-state index is 0.0158. The molecular formula is C20H15Cl2NO. The second-order valence-corrected chi connectivity index (χ2v) is 6.25. The number of rotatable bonds is 5. The van der Waals surface area contributed by atoms with Crippen LogP contribution in [0.25, 0.3) is 0 Å². The third-order valence-electron chi connectivity index (χ3n) is 3.63. The second-order valence-electron chi connectivity index (χ2n) is 5.38. The highest BCUT2D eigenvalue weighted by Crippen LogP contribution is 2.28. The second kappa shape index (κ2) is 7.52. The van der Waals surface area contributed by atoms with E-state index in [1.165, 1.54) is 0 Å². The summed E-state index contributed by atoms with van der Waals surface area (Å²) in [6.07, 6.45) is 0. The van der Waals surface area contributed by atoms with Gasteiger partial charge in [-0.1, -0.05) is 83.9 Å². The zero-order chi connectivity index (χ0) is 16.9. The third kappa shape index (κ3) is 3.97. The molecule has 0 bridgehead atoms. The summed E-state index contributed by atoms with van der Waals surface area (Å²) >= 11 is 12.1. The summed E-state index contributed by atoms with van der Waals surface area (Å²) in [7, 11) is 0. The normalized spacial score (nSPS) is 11.8. The fourth-order valence-corrected chi connectivity index (χ4v) is 3.04. The highest BCUT2D eigenvalue weighted by Gasteiger charge is 2.22. The summed E-state index contributed by atoms with van der Waals surface area (Å²) in [5.41, 5.74) is 2.22. The van der Waals surface area contributed by atoms with Crippen molar-refractivity contribution in [2.75, 3.05) is 5.32 Å². The third-order valence-corrected chi connectivity index (χ3v) is 4.06. The van der Waals surface area contributed by atoms with Gasteiger partial charge in [0, 0.05) is 21.3 Å². The summed E-state index contributed by atoms with van der Waals surface area (Å²) in [5, 5.41) is 4.29. The van der Waals surface area contributed by atoms with Crippen molar-refractivity contribution in [2.45, 2.75) is 6.04 Å². The van der Waals surface area contributed by atoms with Crippen LogP contribution in [0.15, 0.2) is 78.9 Å². The van der Waals surface area contributed by atoms with Crippen molar-refractivity contribution in [3.05, 3.63) is 100 Å². The maximum absolute atomic E-state index is 13.0. The number of halogens is 2. The van der Waals surface area contributed by atoms with Gasteiger partial charge in [0.05, 0.1) is 0 Å². The minimum Gasteiger partial charge on any atom is -0.371 e. The van der Waals surface area contributed by atoms with Gasteiger partial charge in [-0.15, -0.1) is 0 Å². The summed E-state index contributed by atoms with van der Waals surface area (Å²) in [6.45, 7) is 0. The zero-order valence-electron chi connectivity index (χ0n) is 12.7. The van der Waals surface area contributed by atoms with Gasteiger partial charge in [0.15, 0.2) is 5.78 Å². The number of carbonyl (C=O) groups excluding carboxylic acids is 1. The van der Waals surface area contributed by atoms with Crippen LogP contribution in [0.3, 0.4) is 0 Å². The standard InChI is InChI=1S/C20H15Cl2NO/c21-16-11-17(22)13-18(12-16)23-19(14-7-3-1-4-8-14)20(24)15-9-5-2-6-10-15/h1-13,19,23H. The minimum atomic E-state index is -0.525. The molecule has 120 valence electrons. The zero-order valence-corrected chi connectivity index (χ0v) is 14.3. The number of nitrogens with one attached hydrogen (secondary N) is 1. The fraction of sp³-hybridized carbons (Fsp3) is 0.0500. The highest BCUT2D eigenvalue weighted by molar-refractivity contribution is 6.35. The van der Waals surface area contributed by atoms with Crippen LogP contribution in [0, 0.1) is 0 Å². The molecule has 24 heavy (non-hydrogen) atoms. The van der Waals surface area contributed by atoms with Crippen molar-refractivity contribution in [1.29, 1.82) is 0 Å². The van der Waals surface area contributed by atoms with Crippen molar-refractivity contribution in [3.8, 4) is 0 Å². The Kier molecular flexibility index (Phi) is 5.19. The van der Waals surface area contributed by atoms with Gasteiger partial charge in [-0.05, 0) is 23.8 Å². The predicted octanol–water partition coefficient (Wildman–Crippen LogP) is 6.03. The van der Waals surface area contributed by atoms with E-state index < -0.39 is 6.04 Å². The van der Waals surface area contributed by atoms with Crippen LogP contribution < -0.4 is 5.32 Å². The van der Waals surface area contributed by atoms with Crippen LogP contribution in [0.4, 0.5) is 5.69 Å². The maximum atomic E-state index is 13.0. The molecule has 3 rings (SSSR count). The van der Waals surface area contributed by atoms with Crippen LogP contribution in [0.1, 0.15) is 22.0 Å². The number of Topliss-reactive ketones (excluding diaryl/α,β-unsaturated/α-hetero) is 1. The lowest BCUT2D eigenvalue weighted by molar-refractivity contribution is 0.0969. The van der Waals surface area contributed by atoms with Crippen molar-refractivity contribution >= 4 is 34.7 Å². The van der Waals surface area contributed by atoms with Crippen LogP contribution in [-0.4, -0.2) is 5.78 Å². The molecule has 1 N–H and O–H groups in total. The molecular weight excluding hydrogens is 341 g/mol. The Bertz CT molecular complexity index is 815. The molecule has 0 aliphatic rings. The Morgan fingerprint density at radius 3 is 1.92 bits per heavy atom. The van der Waals surface area contributed by atoms with Crippen molar-refractivity contribution < 1.29 is 4.79 Å². The Morgan fingerprint density at radius 1 is 0.792 bits per heavy atom. The molecule has 3 aromatic rings. The van der Waals surface area contributed by atoms with Gasteiger partial charge in [0.1, 0.15) is 6.04 Å². The van der Waals surface area contributed by atoms with Gasteiger partial charge >= 0.3 is 0 Å². The molecule has 2 nitrogen and oxygen atoms in total. The molecule has 1 atom stereocenters. The van der Waals surface area contributed by atoms with Gasteiger partial charge in [0.2, 0.25) is 0 Å². The van der Waals surface area contributed by atoms with Crippen molar-refractivity contribution in [1.82, 2.24) is 0 Å². The van der Waals surface area contributed by atoms with E-state index >= 15 is 0 Å². The summed E-state index contributed by atoms with van der Waals surface area (Å²) in [5.74, 6) is -0.0158. The molecule has 0 heterocycles. The smallest absolute Gasteiger partial charge is 0.189 e. The van der Waals surface area contributed by atoms with Gasteiger partial charge in [-0.25, -0.2) is 0 Å². The molecule has 0 saturated heterocycles. The topological polar surface area (TPSA) is 29.1 Å². The molecule has 0 spiro atoms. The van der Waals surface area contributed by atoms with Crippen molar-refractivity contribution in [2.24, 2.45) is 0 Å². The van der Waals surface area contributed by atoms with E-state index in [-0.39, 0.29) is 5.78 Å². The van der Waals surface area contributed by atoms with E-state index in [0.717, 1.165) is 5.56 Å². The number of ketones is 1. The van der Waals surface area contributed by atoms with Crippen LogP contribution in [-0.2, 0) is 0 Å². The Hall–Kier alpha value is -2.29. The average molecular weight is 356 g/mol. The Morgan fingerprint density at radius 2 is 1.33 bits per heavy atom. The molecule has 1 unspecified atom stereocenters. The average Bonchev–Trinajstić information content (AvgIpc) is 2.60. The molecule has 0 saturated carbocycles. The van der Waals surface area contributed by atoms with Gasteiger partial charge in [-0.2, -0.15) is 0 Å². The quantitative estimate of drug-likeness (QED) is 0.566. The summed E-state index contributed by atoms with van der Waals surface area (Å²) in [4.78, 5) is 13.0. The Labute approximate surface area is 151 Å². The molecule has 0 aliphatic carbocycles. The fourth-order valence-electron chi connectivity index (χ4n) is 2.52. The molecule has 0 fully saturated rings. The number of carbonyl (C=O) groups is 1. The van der Waals surface area contributed by atoms with Crippen LogP contribution in [0.5, 0.6) is 0 Å². The van der Waals surface area contributed by atoms with E-state index in [0.29, 0.717) is 21.3 Å². The highest BCUT2D eigenvalue weighted by atomic mass is 35.5. The summed E-state index contributed by atoms with van der Waals surface area (Å²) in [6, 6.07) is 23.4.